The number of β-lactam (4-membered cyclic amide) rings is 1. The monoisotopic (exact) mass is 539 g/mol. The topological polar surface area (TPSA) is 194 Å². The highest BCUT2D eigenvalue weighted by molar-refractivity contribution is 8.00. The van der Waals surface area contributed by atoms with Crippen LogP contribution in [0.25, 0.3) is 11.3 Å². The molecule has 2 aromatic heterocycles. The molecule has 0 aliphatic carbocycles. The number of aromatic nitrogens is 3. The predicted molar refractivity (Wildman–Crippen MR) is 132 cm³/mol. The van der Waals surface area contributed by atoms with E-state index in [9.17, 15) is 24.3 Å². The number of aromatic amines is 1. The lowest BCUT2D eigenvalue weighted by molar-refractivity contribution is -0.689. The molecule has 14 nitrogen and oxygen atoms in total. The molecule has 2 aliphatic heterocycles. The molecule has 2 unspecified atom stereocenters. The number of H-pyrrole nitrogens is 1. The van der Waals surface area contributed by atoms with Crippen molar-refractivity contribution in [2.75, 3.05) is 12.4 Å². The Labute approximate surface area is 220 Å². The van der Waals surface area contributed by atoms with Crippen LogP contribution in [-0.2, 0) is 25.8 Å². The van der Waals surface area contributed by atoms with Crippen molar-refractivity contribution in [3.05, 3.63) is 47.6 Å². The molecule has 196 valence electrons. The fourth-order valence-corrected chi connectivity index (χ4v) is 5.25. The second kappa shape index (κ2) is 11.1. The van der Waals surface area contributed by atoms with Crippen LogP contribution in [0.1, 0.15) is 24.3 Å². The molecule has 3 amide bonds. The molecule has 0 bridgehead atoms. The summed E-state index contributed by atoms with van der Waals surface area (Å²) in [7, 11) is 0. The molecule has 4 N–H and O–H groups in total. The summed E-state index contributed by atoms with van der Waals surface area (Å²) < 4.78 is 1.76. The maximum Gasteiger partial charge on any atom is 0.352 e. The molecule has 0 spiro atoms. The van der Waals surface area contributed by atoms with Gasteiger partial charge in [-0.05, 0) is 19.9 Å². The Kier molecular flexibility index (Phi) is 7.72. The molecule has 15 heteroatoms. The van der Waals surface area contributed by atoms with E-state index in [4.69, 9.17) is 10.1 Å². The average Bonchev–Trinajstić information content (AvgIpc) is 3.41. The van der Waals surface area contributed by atoms with Gasteiger partial charge >= 0.3 is 5.97 Å². The second-order valence-electron chi connectivity index (χ2n) is 8.20. The number of carboxylic acids is 1. The van der Waals surface area contributed by atoms with Crippen molar-refractivity contribution in [2.24, 2.45) is 5.16 Å². The van der Waals surface area contributed by atoms with Crippen molar-refractivity contribution < 1.29 is 33.7 Å². The highest BCUT2D eigenvalue weighted by atomic mass is 32.2. The largest absolute Gasteiger partial charge is 0.477 e. The molecule has 2 aromatic rings. The maximum atomic E-state index is 12.8. The molecule has 4 heterocycles. The van der Waals surface area contributed by atoms with E-state index in [0.717, 1.165) is 0 Å². The number of hydrogen-bond donors (Lipinski definition) is 4. The number of carboxylic acid groups (broad SMARTS) is 1. The van der Waals surface area contributed by atoms with E-state index >= 15 is 0 Å². The van der Waals surface area contributed by atoms with Gasteiger partial charge in [-0.2, -0.15) is 10.4 Å². The first-order chi connectivity index (χ1) is 18.2. The van der Waals surface area contributed by atoms with Crippen molar-refractivity contribution >= 4 is 41.2 Å². The normalized spacial score (nSPS) is 18.7. The van der Waals surface area contributed by atoms with Gasteiger partial charge in [0.2, 0.25) is 0 Å². The number of oxime groups is 1. The third-order valence-electron chi connectivity index (χ3n) is 5.75. The molecule has 2 aliphatic rings. The molecule has 0 saturated carbocycles. The van der Waals surface area contributed by atoms with Gasteiger partial charge in [0.1, 0.15) is 35.1 Å². The van der Waals surface area contributed by atoms with Crippen LogP contribution in [0.15, 0.2) is 47.0 Å². The number of amides is 3. The van der Waals surface area contributed by atoms with Gasteiger partial charge in [-0.1, -0.05) is 5.16 Å². The number of nitrogens with zero attached hydrogens (tertiary/aromatic N) is 5. The summed E-state index contributed by atoms with van der Waals surface area (Å²) in [5.41, 5.74) is 1.82. The lowest BCUT2D eigenvalue weighted by atomic mass is 10.0. The minimum Gasteiger partial charge on any atom is -0.477 e. The van der Waals surface area contributed by atoms with Crippen LogP contribution in [-0.4, -0.2) is 73.4 Å². The van der Waals surface area contributed by atoms with Gasteiger partial charge in [-0.25, -0.2) is 9.36 Å². The first-order valence-electron chi connectivity index (χ1n) is 11.4. The Hall–Kier alpha value is -4.71. The van der Waals surface area contributed by atoms with Crippen molar-refractivity contribution in [1.29, 1.82) is 5.26 Å². The number of nitrogens with one attached hydrogen (secondary N) is 3. The Morgan fingerprint density at radius 2 is 2.13 bits per heavy atom. The Balaban J connectivity index is 1.47. The zero-order valence-electron chi connectivity index (χ0n) is 20.3. The van der Waals surface area contributed by atoms with Crippen molar-refractivity contribution in [2.45, 2.75) is 31.8 Å². The van der Waals surface area contributed by atoms with E-state index in [1.807, 2.05) is 5.32 Å². The van der Waals surface area contributed by atoms with E-state index in [1.54, 1.807) is 42.2 Å². The minimum atomic E-state index is -1.23. The molecule has 0 radical (unpaired) electrons. The number of carbonyl (C=O) groups excluding carboxylic acids is 3. The first kappa shape index (κ1) is 26.4. The fourth-order valence-electron chi connectivity index (χ4n) is 3.91. The van der Waals surface area contributed by atoms with Gasteiger partial charge in [-0.3, -0.25) is 29.7 Å². The van der Waals surface area contributed by atoms with Crippen LogP contribution in [0.3, 0.4) is 0 Å². The van der Waals surface area contributed by atoms with Gasteiger partial charge in [0.05, 0.1) is 5.69 Å². The van der Waals surface area contributed by atoms with Crippen LogP contribution < -0.4 is 15.2 Å². The fraction of sp³-hybridized carbons (Fsp3) is 0.304. The smallest absolute Gasteiger partial charge is 0.352 e. The highest BCUT2D eigenvalue weighted by Gasteiger charge is 2.54. The van der Waals surface area contributed by atoms with Crippen molar-refractivity contribution in [3.63, 3.8) is 0 Å². The SMILES string of the molecule is CCON=C(C)C(=O)NC1C(=O)N2C(C(=O)O)=C(C[n+]3ccc(-c4cc(C(=O)NC#N)[nH]n4)cc3)CSC12. The van der Waals surface area contributed by atoms with E-state index in [1.165, 1.54) is 29.7 Å². The third kappa shape index (κ3) is 5.20. The van der Waals surface area contributed by atoms with Crippen LogP contribution in [0.5, 0.6) is 0 Å². The molecule has 1 saturated heterocycles. The second-order valence-corrected chi connectivity index (χ2v) is 9.31. The standard InChI is InChI=1S/C23H22N8O6S/c1-3-37-29-12(2)19(32)26-17-21(34)31-18(23(35)36)14(10-38-22(17)31)9-30-6-4-13(5-7-30)15-8-16(28-27-15)20(33)25-11-24/h4-8,17,22H,3,9-10H2,1-2H3,(H3,25,26,32,33,35,36)/p+1. The van der Waals surface area contributed by atoms with Crippen molar-refractivity contribution in [1.82, 2.24) is 25.7 Å². The Morgan fingerprint density at radius 3 is 2.79 bits per heavy atom. The first-order valence-corrected chi connectivity index (χ1v) is 12.4. The summed E-state index contributed by atoms with van der Waals surface area (Å²) in [5.74, 6) is -2.55. The number of aliphatic carboxylic acids is 1. The molecule has 0 aromatic carbocycles. The van der Waals surface area contributed by atoms with Crippen LogP contribution >= 0.6 is 11.8 Å². The van der Waals surface area contributed by atoms with E-state index in [2.05, 4.69) is 20.7 Å². The quantitative estimate of drug-likeness (QED) is 0.0828. The Morgan fingerprint density at radius 1 is 1.39 bits per heavy atom. The molecule has 4 rings (SSSR count). The average molecular weight is 540 g/mol. The van der Waals surface area contributed by atoms with Gasteiger partial charge in [0.25, 0.3) is 17.7 Å². The number of carbonyl (C=O) groups is 4. The van der Waals surface area contributed by atoms with Crippen LogP contribution in [0, 0.1) is 11.5 Å². The summed E-state index contributed by atoms with van der Waals surface area (Å²) >= 11 is 1.36. The van der Waals surface area contributed by atoms with E-state index in [-0.39, 0.29) is 23.6 Å². The van der Waals surface area contributed by atoms with E-state index < -0.39 is 35.1 Å². The maximum absolute atomic E-state index is 12.8. The van der Waals surface area contributed by atoms with Crippen LogP contribution in [0.2, 0.25) is 0 Å². The zero-order valence-corrected chi connectivity index (χ0v) is 21.1. The van der Waals surface area contributed by atoms with Gasteiger partial charge in [0, 0.05) is 29.0 Å². The van der Waals surface area contributed by atoms with Gasteiger partial charge in [0.15, 0.2) is 25.1 Å². The highest BCUT2D eigenvalue weighted by Crippen LogP contribution is 2.40. The summed E-state index contributed by atoms with van der Waals surface area (Å²) in [4.78, 5) is 55.1. The number of hydrogen-bond acceptors (Lipinski definition) is 9. The molecule has 38 heavy (non-hydrogen) atoms. The lowest BCUT2D eigenvalue weighted by Gasteiger charge is -2.49. The third-order valence-corrected chi connectivity index (χ3v) is 7.09. The van der Waals surface area contributed by atoms with Crippen LogP contribution in [0.4, 0.5) is 0 Å². The zero-order chi connectivity index (χ0) is 27.4. The molecular weight excluding hydrogens is 516 g/mol. The summed E-state index contributed by atoms with van der Waals surface area (Å²) in [5, 5.41) is 32.8. The molecular formula is C23H23N8O6S+. The summed E-state index contributed by atoms with van der Waals surface area (Å²) in [6.07, 6.45) is 5.01. The summed E-state index contributed by atoms with van der Waals surface area (Å²) in [6, 6.07) is 4.13. The minimum absolute atomic E-state index is 0.0601. The number of fused-ring (bicyclic) bond motifs is 1. The molecule has 2 atom stereocenters. The van der Waals surface area contributed by atoms with Gasteiger partial charge in [-0.15, -0.1) is 11.8 Å². The molecule has 1 fully saturated rings. The Bertz CT molecular complexity index is 1390. The lowest BCUT2D eigenvalue weighted by Crippen LogP contribution is -2.71. The van der Waals surface area contributed by atoms with Gasteiger partial charge < -0.3 is 15.3 Å². The summed E-state index contributed by atoms with van der Waals surface area (Å²) in [6.45, 7) is 3.69. The number of nitriles is 1. The number of rotatable bonds is 9. The number of pyridine rings is 1. The van der Waals surface area contributed by atoms with Crippen molar-refractivity contribution in [3.8, 4) is 17.5 Å². The van der Waals surface area contributed by atoms with E-state index in [0.29, 0.717) is 29.2 Å². The number of thioether (sulfide) groups is 1. The predicted octanol–water partition coefficient (Wildman–Crippen LogP) is -0.274.